The molecular formula is C16H18FN3O4S2. The number of benzene rings is 1. The van der Waals surface area contributed by atoms with Crippen molar-refractivity contribution in [2.75, 3.05) is 6.67 Å². The summed E-state index contributed by atoms with van der Waals surface area (Å²) >= 11 is 1.26. The third-order valence-electron chi connectivity index (χ3n) is 3.40. The number of hydrogen-bond acceptors (Lipinski definition) is 5. The Hall–Kier alpha value is -2.30. The van der Waals surface area contributed by atoms with Crippen molar-refractivity contribution in [1.29, 1.82) is 0 Å². The lowest BCUT2D eigenvalue weighted by molar-refractivity contribution is 0.0933. The zero-order valence-corrected chi connectivity index (χ0v) is 15.7. The Morgan fingerprint density at radius 1 is 1.19 bits per heavy atom. The Labute approximate surface area is 155 Å². The van der Waals surface area contributed by atoms with E-state index in [4.69, 9.17) is 0 Å². The Bertz CT molecular complexity index is 883. The van der Waals surface area contributed by atoms with Gasteiger partial charge in [0.2, 0.25) is 0 Å². The normalized spacial score (nSPS) is 11.6. The number of nitrogens with one attached hydrogen (secondary N) is 2. The van der Waals surface area contributed by atoms with Gasteiger partial charge in [-0.05, 0) is 37.4 Å². The van der Waals surface area contributed by atoms with E-state index in [9.17, 15) is 22.4 Å². The van der Waals surface area contributed by atoms with Gasteiger partial charge in [0, 0.05) is 11.4 Å². The minimum Gasteiger partial charge on any atom is -0.338 e. The number of nitrogens with zero attached hydrogens (tertiary/aromatic N) is 1. The molecule has 1 heterocycles. The van der Waals surface area contributed by atoms with Gasteiger partial charge in [0.25, 0.3) is 11.8 Å². The monoisotopic (exact) mass is 399 g/mol. The number of thiophene rings is 1. The van der Waals surface area contributed by atoms with Crippen LogP contribution < -0.4 is 10.0 Å². The lowest BCUT2D eigenvalue weighted by Gasteiger charge is -2.25. The Morgan fingerprint density at radius 3 is 2.46 bits per heavy atom. The molecule has 0 aliphatic rings. The molecule has 2 amide bonds. The van der Waals surface area contributed by atoms with Crippen molar-refractivity contribution in [1.82, 2.24) is 14.3 Å². The van der Waals surface area contributed by atoms with Gasteiger partial charge in [-0.2, -0.15) is 24.1 Å². The van der Waals surface area contributed by atoms with Crippen LogP contribution in [-0.2, 0) is 10.2 Å². The van der Waals surface area contributed by atoms with Crippen LogP contribution in [0.5, 0.6) is 0 Å². The van der Waals surface area contributed by atoms with Crippen LogP contribution in [0.25, 0.3) is 0 Å². The molecule has 2 N–H and O–H groups in total. The van der Waals surface area contributed by atoms with Gasteiger partial charge in [-0.15, -0.1) is 0 Å². The van der Waals surface area contributed by atoms with Crippen molar-refractivity contribution in [3.63, 3.8) is 0 Å². The summed E-state index contributed by atoms with van der Waals surface area (Å²) in [6, 6.07) is 6.30. The van der Waals surface area contributed by atoms with Crippen molar-refractivity contribution in [3.05, 3.63) is 58.0 Å². The van der Waals surface area contributed by atoms with Gasteiger partial charge in [0.15, 0.2) is 0 Å². The summed E-state index contributed by atoms with van der Waals surface area (Å²) in [5, 5.41) is 5.52. The molecule has 0 saturated heterocycles. The number of hydrogen-bond donors (Lipinski definition) is 2. The van der Waals surface area contributed by atoms with E-state index in [0.717, 1.165) is 10.4 Å². The molecule has 2 aromatic rings. The summed E-state index contributed by atoms with van der Waals surface area (Å²) in [5.74, 6) is -2.24. The van der Waals surface area contributed by atoms with Crippen LogP contribution in [0, 0.1) is 5.82 Å². The van der Waals surface area contributed by atoms with Gasteiger partial charge in [0.1, 0.15) is 5.82 Å². The SMILES string of the molecule is CC(C)N(CNC(=O)c1ccccc1F)S(=O)(=O)NC(=O)c1ccsc1. The summed E-state index contributed by atoms with van der Waals surface area (Å²) in [6.45, 7) is 2.75. The van der Waals surface area contributed by atoms with Gasteiger partial charge < -0.3 is 5.32 Å². The molecule has 0 fully saturated rings. The van der Waals surface area contributed by atoms with E-state index in [0.29, 0.717) is 0 Å². The maximum Gasteiger partial charge on any atom is 0.305 e. The molecule has 0 unspecified atom stereocenters. The van der Waals surface area contributed by atoms with E-state index in [1.807, 2.05) is 4.72 Å². The van der Waals surface area contributed by atoms with Gasteiger partial charge in [0.05, 0.1) is 17.8 Å². The highest BCUT2D eigenvalue weighted by Crippen LogP contribution is 2.10. The zero-order chi connectivity index (χ0) is 19.3. The predicted molar refractivity (Wildman–Crippen MR) is 96.4 cm³/mol. The molecule has 0 atom stereocenters. The first-order chi connectivity index (χ1) is 12.2. The van der Waals surface area contributed by atoms with Crippen molar-refractivity contribution in [2.45, 2.75) is 19.9 Å². The van der Waals surface area contributed by atoms with Gasteiger partial charge in [-0.25, -0.2) is 9.11 Å². The second kappa shape index (κ2) is 8.39. The van der Waals surface area contributed by atoms with Crippen molar-refractivity contribution in [3.8, 4) is 0 Å². The number of rotatable bonds is 7. The van der Waals surface area contributed by atoms with Crippen molar-refractivity contribution in [2.24, 2.45) is 0 Å². The van der Waals surface area contributed by atoms with E-state index < -0.39 is 40.6 Å². The van der Waals surface area contributed by atoms with Crippen LogP contribution in [0.2, 0.25) is 0 Å². The topological polar surface area (TPSA) is 95.6 Å². The summed E-state index contributed by atoms with van der Waals surface area (Å²) < 4.78 is 41.4. The molecule has 0 saturated carbocycles. The summed E-state index contributed by atoms with van der Waals surface area (Å²) in [6.07, 6.45) is 0. The fourth-order valence-electron chi connectivity index (χ4n) is 2.06. The predicted octanol–water partition coefficient (Wildman–Crippen LogP) is 1.96. The van der Waals surface area contributed by atoms with Gasteiger partial charge in [-0.1, -0.05) is 12.1 Å². The van der Waals surface area contributed by atoms with E-state index in [2.05, 4.69) is 5.32 Å². The maximum absolute atomic E-state index is 13.6. The minimum absolute atomic E-state index is 0.198. The number of carbonyl (C=O) groups excluding carboxylic acids is 2. The van der Waals surface area contributed by atoms with Crippen LogP contribution in [0.4, 0.5) is 4.39 Å². The largest absolute Gasteiger partial charge is 0.338 e. The molecule has 10 heteroatoms. The molecule has 2 rings (SSSR count). The van der Waals surface area contributed by atoms with Gasteiger partial charge in [-0.3, -0.25) is 9.59 Å². The Morgan fingerprint density at radius 2 is 1.88 bits per heavy atom. The van der Waals surface area contributed by atoms with Gasteiger partial charge >= 0.3 is 10.2 Å². The number of carbonyl (C=O) groups is 2. The van der Waals surface area contributed by atoms with Crippen LogP contribution >= 0.6 is 11.3 Å². The maximum atomic E-state index is 13.6. The number of halogens is 1. The fourth-order valence-corrected chi connectivity index (χ4v) is 3.96. The first-order valence-corrected chi connectivity index (χ1v) is 9.99. The standard InChI is InChI=1S/C16H18FN3O4S2/c1-11(2)20(10-18-16(22)13-5-3-4-6-14(13)17)26(23,24)19-15(21)12-7-8-25-9-12/h3-9,11H,10H2,1-2H3,(H,18,22)(H,19,21). The summed E-state index contributed by atoms with van der Waals surface area (Å²) in [7, 11) is -4.20. The van der Waals surface area contributed by atoms with Crippen LogP contribution in [0.1, 0.15) is 34.6 Å². The third kappa shape index (κ3) is 4.87. The van der Waals surface area contributed by atoms with Crippen molar-refractivity contribution < 1.29 is 22.4 Å². The fraction of sp³-hybridized carbons (Fsp3) is 0.250. The lowest BCUT2D eigenvalue weighted by atomic mass is 10.2. The highest BCUT2D eigenvalue weighted by Gasteiger charge is 2.28. The van der Waals surface area contributed by atoms with E-state index in [1.54, 1.807) is 19.2 Å². The second-order valence-corrected chi connectivity index (χ2v) is 7.98. The molecule has 0 spiro atoms. The molecule has 0 aliphatic heterocycles. The number of amides is 2. The van der Waals surface area contributed by atoms with Crippen molar-refractivity contribution >= 4 is 33.4 Å². The smallest absolute Gasteiger partial charge is 0.305 e. The molecule has 26 heavy (non-hydrogen) atoms. The van der Waals surface area contributed by atoms with Crippen LogP contribution in [-0.4, -0.2) is 37.2 Å². The molecule has 7 nitrogen and oxygen atoms in total. The molecule has 140 valence electrons. The van der Waals surface area contributed by atoms with E-state index >= 15 is 0 Å². The average molecular weight is 399 g/mol. The lowest BCUT2D eigenvalue weighted by Crippen LogP contribution is -2.51. The molecule has 1 aromatic carbocycles. The quantitative estimate of drug-likeness (QED) is 0.696. The molecule has 1 aromatic heterocycles. The molecule has 0 aliphatic carbocycles. The first-order valence-electron chi connectivity index (χ1n) is 7.61. The second-order valence-electron chi connectivity index (χ2n) is 5.57. The Kier molecular flexibility index (Phi) is 6.46. The molecular weight excluding hydrogens is 381 g/mol. The van der Waals surface area contributed by atoms with Crippen LogP contribution in [0.15, 0.2) is 41.1 Å². The minimum atomic E-state index is -4.20. The molecule has 0 bridgehead atoms. The molecule has 0 radical (unpaired) electrons. The third-order valence-corrected chi connectivity index (χ3v) is 5.70. The van der Waals surface area contributed by atoms with Crippen LogP contribution in [0.3, 0.4) is 0 Å². The summed E-state index contributed by atoms with van der Waals surface area (Å²) in [4.78, 5) is 24.1. The first kappa shape index (κ1) is 20.0. The van der Waals surface area contributed by atoms with E-state index in [1.165, 1.54) is 41.0 Å². The zero-order valence-electron chi connectivity index (χ0n) is 14.1. The average Bonchev–Trinajstić information content (AvgIpc) is 3.08. The Balaban J connectivity index is 2.09. The highest BCUT2D eigenvalue weighted by atomic mass is 32.2. The highest BCUT2D eigenvalue weighted by molar-refractivity contribution is 7.87. The summed E-state index contributed by atoms with van der Waals surface area (Å²) in [5.41, 5.74) is 0.0218. The van der Waals surface area contributed by atoms with E-state index in [-0.39, 0.29) is 11.1 Å².